The van der Waals surface area contributed by atoms with Gasteiger partial charge in [0.2, 0.25) is 0 Å². The first-order chi connectivity index (χ1) is 14.6. The number of benzene rings is 2. The van der Waals surface area contributed by atoms with Crippen molar-refractivity contribution in [2.75, 3.05) is 20.2 Å². The Balaban J connectivity index is 1.45. The molecule has 1 heterocycles. The standard InChI is InChI=1S/C22H27F2N5O/c1-16-28-19-9-3-4-10-20(19)29(16)12-6-11-26-22(25-2)27-14-17-7-5-8-18(13-17)30-15-21(23)24/h3-5,7-10,13,21H,6,11-12,14-15H2,1-2H3,(H2,25,26,27). The van der Waals surface area contributed by atoms with E-state index in [1.54, 1.807) is 25.2 Å². The Morgan fingerprint density at radius 1 is 1.17 bits per heavy atom. The SMILES string of the molecule is CN=C(NCCCn1c(C)nc2ccccc21)NCc1cccc(OCC(F)F)c1. The molecule has 0 aliphatic rings. The normalized spacial score (nSPS) is 11.8. The molecule has 0 spiro atoms. The quantitative estimate of drug-likeness (QED) is 0.317. The second kappa shape index (κ2) is 10.6. The molecule has 1 aromatic heterocycles. The summed E-state index contributed by atoms with van der Waals surface area (Å²) in [7, 11) is 1.71. The predicted octanol–water partition coefficient (Wildman–Crippen LogP) is 3.74. The first-order valence-corrected chi connectivity index (χ1v) is 9.93. The maximum Gasteiger partial charge on any atom is 0.272 e. The highest BCUT2D eigenvalue weighted by molar-refractivity contribution is 5.79. The van der Waals surface area contributed by atoms with E-state index in [4.69, 9.17) is 4.74 Å². The number of imidazole rings is 1. The van der Waals surface area contributed by atoms with Gasteiger partial charge in [0.15, 0.2) is 5.96 Å². The minimum atomic E-state index is -2.49. The second-order valence-corrected chi connectivity index (χ2v) is 6.85. The number of rotatable bonds is 9. The summed E-state index contributed by atoms with van der Waals surface area (Å²) in [4.78, 5) is 8.82. The molecule has 0 saturated heterocycles. The molecule has 0 atom stereocenters. The fourth-order valence-electron chi connectivity index (χ4n) is 3.23. The molecule has 160 valence electrons. The van der Waals surface area contributed by atoms with Gasteiger partial charge in [-0.05, 0) is 43.2 Å². The van der Waals surface area contributed by atoms with Crippen LogP contribution in [0, 0.1) is 6.92 Å². The molecular formula is C22H27F2N5O. The summed E-state index contributed by atoms with van der Waals surface area (Å²) in [5.41, 5.74) is 3.08. The van der Waals surface area contributed by atoms with Gasteiger partial charge in [0.05, 0.1) is 11.0 Å². The van der Waals surface area contributed by atoms with E-state index >= 15 is 0 Å². The lowest BCUT2D eigenvalue weighted by atomic mass is 10.2. The fourth-order valence-corrected chi connectivity index (χ4v) is 3.23. The van der Waals surface area contributed by atoms with E-state index in [0.29, 0.717) is 18.3 Å². The van der Waals surface area contributed by atoms with Gasteiger partial charge in [0.1, 0.15) is 18.2 Å². The Hall–Kier alpha value is -3.16. The molecule has 30 heavy (non-hydrogen) atoms. The highest BCUT2D eigenvalue weighted by Crippen LogP contribution is 2.16. The van der Waals surface area contributed by atoms with Gasteiger partial charge < -0.3 is 19.9 Å². The van der Waals surface area contributed by atoms with Crippen LogP contribution < -0.4 is 15.4 Å². The van der Waals surface area contributed by atoms with Crippen LogP contribution in [0.15, 0.2) is 53.5 Å². The minimum absolute atomic E-state index is 0.431. The number of aliphatic imine (C=N–C) groups is 1. The Bertz CT molecular complexity index is 987. The van der Waals surface area contributed by atoms with Gasteiger partial charge in [-0.1, -0.05) is 24.3 Å². The predicted molar refractivity (Wildman–Crippen MR) is 115 cm³/mol. The molecule has 2 aromatic carbocycles. The number of nitrogens with zero attached hydrogens (tertiary/aromatic N) is 3. The zero-order valence-corrected chi connectivity index (χ0v) is 17.2. The first kappa shape index (κ1) is 21.5. The van der Waals surface area contributed by atoms with Crippen LogP contribution in [0.2, 0.25) is 0 Å². The summed E-state index contributed by atoms with van der Waals surface area (Å²) in [5.74, 6) is 2.12. The number of guanidine groups is 1. The van der Waals surface area contributed by atoms with E-state index in [0.717, 1.165) is 41.9 Å². The number of aromatic nitrogens is 2. The number of halogens is 2. The highest BCUT2D eigenvalue weighted by atomic mass is 19.3. The van der Waals surface area contributed by atoms with E-state index in [-0.39, 0.29) is 0 Å². The average molecular weight is 415 g/mol. The topological polar surface area (TPSA) is 63.5 Å². The van der Waals surface area contributed by atoms with E-state index in [9.17, 15) is 8.78 Å². The van der Waals surface area contributed by atoms with Crippen LogP contribution in [0.5, 0.6) is 5.75 Å². The van der Waals surface area contributed by atoms with Gasteiger partial charge in [-0.2, -0.15) is 0 Å². The van der Waals surface area contributed by atoms with Gasteiger partial charge in [0.25, 0.3) is 6.43 Å². The summed E-state index contributed by atoms with van der Waals surface area (Å²) in [6.07, 6.45) is -1.57. The maximum atomic E-state index is 12.3. The number of hydrogen-bond acceptors (Lipinski definition) is 3. The van der Waals surface area contributed by atoms with Gasteiger partial charge in [-0.3, -0.25) is 4.99 Å². The van der Waals surface area contributed by atoms with Gasteiger partial charge in [0, 0.05) is 26.7 Å². The Morgan fingerprint density at radius 2 is 2.00 bits per heavy atom. The lowest BCUT2D eigenvalue weighted by molar-refractivity contribution is 0.0818. The molecule has 0 aliphatic heterocycles. The lowest BCUT2D eigenvalue weighted by Gasteiger charge is -2.13. The Kier molecular flexibility index (Phi) is 7.59. The molecule has 6 nitrogen and oxygen atoms in total. The zero-order chi connectivity index (χ0) is 21.3. The van der Waals surface area contributed by atoms with Crippen molar-refractivity contribution in [1.29, 1.82) is 0 Å². The van der Waals surface area contributed by atoms with Crippen molar-refractivity contribution < 1.29 is 13.5 Å². The van der Waals surface area contributed by atoms with Crippen LogP contribution in [-0.2, 0) is 13.1 Å². The van der Waals surface area contributed by atoms with Crippen molar-refractivity contribution >= 4 is 17.0 Å². The summed E-state index contributed by atoms with van der Waals surface area (Å²) in [6, 6.07) is 15.2. The van der Waals surface area contributed by atoms with Crippen LogP contribution in [0.3, 0.4) is 0 Å². The van der Waals surface area contributed by atoms with Crippen LogP contribution >= 0.6 is 0 Å². The third kappa shape index (κ3) is 5.92. The number of nitrogens with one attached hydrogen (secondary N) is 2. The van der Waals surface area contributed by atoms with Crippen LogP contribution in [0.4, 0.5) is 8.78 Å². The molecule has 0 amide bonds. The number of ether oxygens (including phenoxy) is 1. The smallest absolute Gasteiger partial charge is 0.272 e. The summed E-state index contributed by atoms with van der Waals surface area (Å²) in [6.45, 7) is 3.54. The molecule has 0 saturated carbocycles. The van der Waals surface area contributed by atoms with Crippen molar-refractivity contribution in [3.05, 3.63) is 59.9 Å². The molecule has 3 rings (SSSR count). The monoisotopic (exact) mass is 415 g/mol. The van der Waals surface area contributed by atoms with Crippen LogP contribution in [0.1, 0.15) is 17.8 Å². The molecule has 8 heteroatoms. The lowest BCUT2D eigenvalue weighted by Crippen LogP contribution is -2.37. The minimum Gasteiger partial charge on any atom is -0.488 e. The van der Waals surface area contributed by atoms with Gasteiger partial charge in [-0.25, -0.2) is 13.8 Å². The first-order valence-electron chi connectivity index (χ1n) is 9.93. The number of para-hydroxylation sites is 2. The van der Waals surface area contributed by atoms with Crippen molar-refractivity contribution in [3.63, 3.8) is 0 Å². The van der Waals surface area contributed by atoms with E-state index in [1.165, 1.54) is 0 Å². The van der Waals surface area contributed by atoms with E-state index in [2.05, 4.69) is 31.2 Å². The largest absolute Gasteiger partial charge is 0.488 e. The van der Waals surface area contributed by atoms with Gasteiger partial charge in [-0.15, -0.1) is 0 Å². The van der Waals surface area contributed by atoms with Crippen molar-refractivity contribution in [2.45, 2.75) is 32.9 Å². The van der Waals surface area contributed by atoms with Crippen molar-refractivity contribution in [2.24, 2.45) is 4.99 Å². The van der Waals surface area contributed by atoms with E-state index in [1.807, 2.05) is 31.2 Å². The second-order valence-electron chi connectivity index (χ2n) is 6.85. The molecule has 0 fully saturated rings. The summed E-state index contributed by atoms with van der Waals surface area (Å²) < 4.78 is 31.9. The summed E-state index contributed by atoms with van der Waals surface area (Å²) in [5, 5.41) is 6.53. The molecule has 3 aromatic rings. The number of fused-ring (bicyclic) bond motifs is 1. The van der Waals surface area contributed by atoms with Crippen LogP contribution in [-0.4, -0.2) is 42.1 Å². The number of alkyl halides is 2. The highest BCUT2D eigenvalue weighted by Gasteiger charge is 2.07. The molecule has 0 aliphatic carbocycles. The molecule has 0 radical (unpaired) electrons. The number of aryl methyl sites for hydroxylation is 2. The zero-order valence-electron chi connectivity index (χ0n) is 17.2. The maximum absolute atomic E-state index is 12.3. The Morgan fingerprint density at radius 3 is 2.80 bits per heavy atom. The van der Waals surface area contributed by atoms with E-state index < -0.39 is 13.0 Å². The van der Waals surface area contributed by atoms with Gasteiger partial charge >= 0.3 is 0 Å². The molecule has 0 unspecified atom stereocenters. The number of hydrogen-bond donors (Lipinski definition) is 2. The molecule has 2 N–H and O–H groups in total. The summed E-state index contributed by atoms with van der Waals surface area (Å²) >= 11 is 0. The van der Waals surface area contributed by atoms with Crippen molar-refractivity contribution in [1.82, 2.24) is 20.2 Å². The fraction of sp³-hybridized carbons (Fsp3) is 0.364. The Labute approximate surface area is 175 Å². The van der Waals surface area contributed by atoms with Crippen molar-refractivity contribution in [3.8, 4) is 5.75 Å². The molecular weight excluding hydrogens is 388 g/mol. The molecule has 0 bridgehead atoms. The van der Waals surface area contributed by atoms with Crippen LogP contribution in [0.25, 0.3) is 11.0 Å². The third-order valence-electron chi connectivity index (χ3n) is 4.65. The third-order valence-corrected chi connectivity index (χ3v) is 4.65. The average Bonchev–Trinajstić information content (AvgIpc) is 3.07.